The minimum Gasteiger partial charge on any atom is -0.448 e. The van der Waals surface area contributed by atoms with Gasteiger partial charge in [-0.1, -0.05) is 24.3 Å². The summed E-state index contributed by atoms with van der Waals surface area (Å²) in [6, 6.07) is 8.14. The van der Waals surface area contributed by atoms with E-state index in [1.165, 1.54) is 11.1 Å². The quantitative estimate of drug-likeness (QED) is 0.809. The summed E-state index contributed by atoms with van der Waals surface area (Å²) in [6.45, 7) is 3.62. The van der Waals surface area contributed by atoms with Crippen LogP contribution in [0.5, 0.6) is 0 Å². The third-order valence-corrected chi connectivity index (χ3v) is 2.63. The molecule has 0 radical (unpaired) electrons. The average molecular weight is 229 g/mol. The van der Waals surface area contributed by atoms with Crippen LogP contribution in [0.15, 0.2) is 34.9 Å². The molecule has 0 aliphatic heterocycles. The Kier molecular flexibility index (Phi) is 3.38. The molecule has 88 valence electrons. The zero-order chi connectivity index (χ0) is 12.3. The second-order valence-electron chi connectivity index (χ2n) is 4.21. The summed E-state index contributed by atoms with van der Waals surface area (Å²) in [5, 5.41) is 0. The summed E-state index contributed by atoms with van der Waals surface area (Å²) in [6.07, 6.45) is 2.58. The van der Waals surface area contributed by atoms with Crippen LogP contribution in [-0.4, -0.2) is 10.8 Å². The van der Waals surface area contributed by atoms with E-state index in [0.29, 0.717) is 24.4 Å². The van der Waals surface area contributed by atoms with E-state index >= 15 is 0 Å². The number of hydrogen-bond donors (Lipinski definition) is 0. The van der Waals surface area contributed by atoms with Crippen LogP contribution < -0.4 is 0 Å². The van der Waals surface area contributed by atoms with Crippen LogP contribution in [0.1, 0.15) is 29.6 Å². The number of carbonyl (C=O) groups is 1. The number of oxazole rings is 1. The molecule has 3 heteroatoms. The van der Waals surface area contributed by atoms with Gasteiger partial charge in [0.1, 0.15) is 12.0 Å². The zero-order valence-corrected chi connectivity index (χ0v) is 10.1. The first-order valence-electron chi connectivity index (χ1n) is 5.62. The van der Waals surface area contributed by atoms with Gasteiger partial charge in [-0.2, -0.15) is 0 Å². The van der Waals surface area contributed by atoms with Crippen molar-refractivity contribution in [3.05, 3.63) is 53.2 Å². The number of rotatable bonds is 4. The number of aromatic nitrogens is 1. The number of carbonyl (C=O) groups excluding carboxylic acids is 1. The van der Waals surface area contributed by atoms with E-state index in [1.807, 2.05) is 12.1 Å². The summed E-state index contributed by atoms with van der Waals surface area (Å²) < 4.78 is 5.36. The van der Waals surface area contributed by atoms with Gasteiger partial charge in [0.05, 0.1) is 12.1 Å². The molecule has 0 atom stereocenters. The lowest BCUT2D eigenvalue weighted by molar-refractivity contribution is -0.116. The zero-order valence-electron chi connectivity index (χ0n) is 10.1. The van der Waals surface area contributed by atoms with Crippen molar-refractivity contribution in [3.63, 3.8) is 0 Å². The van der Waals surface area contributed by atoms with E-state index in [2.05, 4.69) is 24.0 Å². The van der Waals surface area contributed by atoms with Gasteiger partial charge in [-0.3, -0.25) is 4.79 Å². The van der Waals surface area contributed by atoms with E-state index in [9.17, 15) is 4.79 Å². The predicted molar refractivity (Wildman–Crippen MR) is 64.9 cm³/mol. The molecule has 2 rings (SSSR count). The van der Waals surface area contributed by atoms with Crippen molar-refractivity contribution in [2.45, 2.75) is 26.7 Å². The highest BCUT2D eigenvalue weighted by Gasteiger charge is 2.07. The number of ketones is 1. The van der Waals surface area contributed by atoms with Crippen LogP contribution >= 0.6 is 0 Å². The van der Waals surface area contributed by atoms with Crippen molar-refractivity contribution in [1.82, 2.24) is 4.98 Å². The van der Waals surface area contributed by atoms with Gasteiger partial charge < -0.3 is 4.42 Å². The van der Waals surface area contributed by atoms with E-state index in [0.717, 1.165) is 0 Å². The second kappa shape index (κ2) is 4.95. The van der Waals surface area contributed by atoms with Gasteiger partial charge in [-0.25, -0.2) is 4.98 Å². The van der Waals surface area contributed by atoms with Crippen LogP contribution in [0.4, 0.5) is 0 Å². The first-order chi connectivity index (χ1) is 8.15. The maximum atomic E-state index is 11.0. The molecule has 0 saturated carbocycles. The molecule has 17 heavy (non-hydrogen) atoms. The van der Waals surface area contributed by atoms with Gasteiger partial charge in [0.25, 0.3) is 0 Å². The number of benzene rings is 1. The van der Waals surface area contributed by atoms with Crippen molar-refractivity contribution < 1.29 is 9.21 Å². The number of aryl methyl sites for hydroxylation is 1. The lowest BCUT2D eigenvalue weighted by atomic mass is 10.1. The maximum Gasteiger partial charge on any atom is 0.198 e. The Morgan fingerprint density at radius 2 is 2.12 bits per heavy atom. The number of Topliss-reactive ketones (excluding diaryl/α,β-unsaturated/α-hetero) is 1. The lowest BCUT2D eigenvalue weighted by Gasteiger charge is -2.01. The average Bonchev–Trinajstić information content (AvgIpc) is 2.68. The minimum absolute atomic E-state index is 0.0979. The Balaban J connectivity index is 2.12. The van der Waals surface area contributed by atoms with E-state index < -0.39 is 0 Å². The molecule has 1 aromatic carbocycles. The lowest BCUT2D eigenvalue weighted by Crippen LogP contribution is -1.97. The summed E-state index contributed by atoms with van der Waals surface area (Å²) in [4.78, 5) is 15.3. The third-order valence-electron chi connectivity index (χ3n) is 2.63. The standard InChI is InChI=1S/C14H15NO2/c1-10-5-3-4-6-12(10)8-14-15-13(9-17-14)7-11(2)16/h3-6,9H,7-8H2,1-2H3. The van der Waals surface area contributed by atoms with Crippen LogP contribution in [0.3, 0.4) is 0 Å². The van der Waals surface area contributed by atoms with Gasteiger partial charge in [-0.15, -0.1) is 0 Å². The molecule has 0 fully saturated rings. The summed E-state index contributed by atoms with van der Waals surface area (Å²) in [5.74, 6) is 0.760. The molecule has 3 nitrogen and oxygen atoms in total. The monoisotopic (exact) mass is 229 g/mol. The van der Waals surface area contributed by atoms with Gasteiger partial charge in [0, 0.05) is 6.42 Å². The number of hydrogen-bond acceptors (Lipinski definition) is 3. The molecule has 1 heterocycles. The van der Waals surface area contributed by atoms with Gasteiger partial charge in [0.2, 0.25) is 0 Å². The molecule has 0 N–H and O–H groups in total. The third kappa shape index (κ3) is 3.03. The molecule has 0 spiro atoms. The van der Waals surface area contributed by atoms with Gasteiger partial charge >= 0.3 is 0 Å². The van der Waals surface area contributed by atoms with Gasteiger partial charge in [0.15, 0.2) is 5.89 Å². The molecular weight excluding hydrogens is 214 g/mol. The van der Waals surface area contributed by atoms with Crippen molar-refractivity contribution in [3.8, 4) is 0 Å². The summed E-state index contributed by atoms with van der Waals surface area (Å²) >= 11 is 0. The first-order valence-corrected chi connectivity index (χ1v) is 5.62. The van der Waals surface area contributed by atoms with Crippen molar-refractivity contribution >= 4 is 5.78 Å². The number of nitrogens with zero attached hydrogens (tertiary/aromatic N) is 1. The molecule has 2 aromatic rings. The Hall–Kier alpha value is -1.90. The molecule has 0 aliphatic carbocycles. The largest absolute Gasteiger partial charge is 0.448 e. The molecule has 0 saturated heterocycles. The normalized spacial score (nSPS) is 10.5. The van der Waals surface area contributed by atoms with E-state index in [-0.39, 0.29) is 5.78 Å². The van der Waals surface area contributed by atoms with Crippen LogP contribution in [0.2, 0.25) is 0 Å². The molecular formula is C14H15NO2. The van der Waals surface area contributed by atoms with Crippen molar-refractivity contribution in [2.24, 2.45) is 0 Å². The molecule has 0 bridgehead atoms. The Morgan fingerprint density at radius 3 is 2.82 bits per heavy atom. The Morgan fingerprint density at radius 1 is 1.35 bits per heavy atom. The predicted octanol–water partition coefficient (Wildman–Crippen LogP) is 2.71. The SMILES string of the molecule is CC(=O)Cc1coc(Cc2ccccc2C)n1. The maximum absolute atomic E-state index is 11.0. The molecule has 0 amide bonds. The van der Waals surface area contributed by atoms with E-state index in [1.54, 1.807) is 13.2 Å². The fraction of sp³-hybridized carbons (Fsp3) is 0.286. The minimum atomic E-state index is 0.0979. The second-order valence-corrected chi connectivity index (χ2v) is 4.21. The van der Waals surface area contributed by atoms with Crippen LogP contribution in [0.25, 0.3) is 0 Å². The van der Waals surface area contributed by atoms with Crippen LogP contribution in [0, 0.1) is 6.92 Å². The van der Waals surface area contributed by atoms with Crippen LogP contribution in [-0.2, 0) is 17.6 Å². The Bertz CT molecular complexity index is 529. The van der Waals surface area contributed by atoms with Gasteiger partial charge in [-0.05, 0) is 25.0 Å². The van der Waals surface area contributed by atoms with Crippen molar-refractivity contribution in [2.75, 3.05) is 0 Å². The van der Waals surface area contributed by atoms with E-state index in [4.69, 9.17) is 4.42 Å². The summed E-state index contributed by atoms with van der Waals surface area (Å²) in [5.41, 5.74) is 3.13. The molecule has 0 unspecified atom stereocenters. The highest BCUT2D eigenvalue weighted by atomic mass is 16.3. The first kappa shape index (κ1) is 11.6. The topological polar surface area (TPSA) is 43.1 Å². The highest BCUT2D eigenvalue weighted by Crippen LogP contribution is 2.13. The Labute approximate surface area is 100 Å². The fourth-order valence-electron chi connectivity index (χ4n) is 1.74. The van der Waals surface area contributed by atoms with Crippen molar-refractivity contribution in [1.29, 1.82) is 0 Å². The molecule has 1 aromatic heterocycles. The fourth-order valence-corrected chi connectivity index (χ4v) is 1.74. The molecule has 0 aliphatic rings. The smallest absolute Gasteiger partial charge is 0.198 e. The highest BCUT2D eigenvalue weighted by molar-refractivity contribution is 5.77. The summed E-state index contributed by atoms with van der Waals surface area (Å²) in [7, 11) is 0.